The zero-order valence-corrected chi connectivity index (χ0v) is 11.0. The number of hydrogen-bond acceptors (Lipinski definition) is 3. The van der Waals surface area contributed by atoms with E-state index in [1.165, 1.54) is 38.8 Å². The number of rotatable bonds is 6. The second kappa shape index (κ2) is 5.45. The first-order valence-corrected chi connectivity index (χ1v) is 7.33. The second-order valence-electron chi connectivity index (χ2n) is 5.74. The molecular weight excluding hydrogens is 228 g/mol. The average molecular weight is 252 g/mol. The van der Waals surface area contributed by atoms with Gasteiger partial charge in [-0.25, -0.2) is 4.79 Å². The molecule has 0 aromatic carbocycles. The van der Waals surface area contributed by atoms with Crippen LogP contribution in [0.4, 0.5) is 4.79 Å². The fourth-order valence-corrected chi connectivity index (χ4v) is 3.03. The molecule has 2 heterocycles. The van der Waals surface area contributed by atoms with Crippen molar-refractivity contribution in [3.8, 4) is 0 Å². The van der Waals surface area contributed by atoms with E-state index < -0.39 is 0 Å². The lowest BCUT2D eigenvalue weighted by Gasteiger charge is -2.27. The maximum absolute atomic E-state index is 11.5. The first-order valence-electron chi connectivity index (χ1n) is 7.33. The summed E-state index contributed by atoms with van der Waals surface area (Å²) in [5.41, 5.74) is 0. The van der Waals surface area contributed by atoms with Crippen molar-refractivity contribution in [2.45, 2.75) is 37.8 Å². The Hall–Kier alpha value is -0.810. The summed E-state index contributed by atoms with van der Waals surface area (Å²) in [7, 11) is 0. The molecular formula is C13H24N4O. The van der Waals surface area contributed by atoms with Gasteiger partial charge in [-0.2, -0.15) is 0 Å². The molecule has 1 atom stereocenters. The molecule has 0 radical (unpaired) electrons. The highest BCUT2D eigenvalue weighted by Crippen LogP contribution is 2.27. The molecule has 3 aliphatic rings. The molecule has 2 aliphatic heterocycles. The Morgan fingerprint density at radius 3 is 2.78 bits per heavy atom. The topological polar surface area (TPSA) is 47.6 Å². The summed E-state index contributed by atoms with van der Waals surface area (Å²) >= 11 is 0. The van der Waals surface area contributed by atoms with Crippen LogP contribution in [0.1, 0.15) is 25.7 Å². The van der Waals surface area contributed by atoms with Crippen molar-refractivity contribution < 1.29 is 4.79 Å². The first kappa shape index (κ1) is 12.2. The van der Waals surface area contributed by atoms with Gasteiger partial charge in [-0.05, 0) is 32.2 Å². The van der Waals surface area contributed by atoms with E-state index in [-0.39, 0.29) is 6.03 Å². The van der Waals surface area contributed by atoms with Gasteiger partial charge in [-0.1, -0.05) is 0 Å². The normalized spacial score (nSPS) is 28.2. The van der Waals surface area contributed by atoms with Gasteiger partial charge in [-0.15, -0.1) is 0 Å². The largest absolute Gasteiger partial charge is 0.336 e. The van der Waals surface area contributed by atoms with Gasteiger partial charge in [-0.3, -0.25) is 4.90 Å². The summed E-state index contributed by atoms with van der Waals surface area (Å²) in [4.78, 5) is 16.0. The summed E-state index contributed by atoms with van der Waals surface area (Å²) in [6.45, 7) is 5.95. The van der Waals surface area contributed by atoms with Gasteiger partial charge in [0.1, 0.15) is 0 Å². The van der Waals surface area contributed by atoms with Crippen LogP contribution in [0.15, 0.2) is 0 Å². The first-order chi connectivity index (χ1) is 8.83. The molecule has 18 heavy (non-hydrogen) atoms. The fourth-order valence-electron chi connectivity index (χ4n) is 3.03. The lowest BCUT2D eigenvalue weighted by atomic mass is 10.2. The van der Waals surface area contributed by atoms with E-state index in [9.17, 15) is 4.79 Å². The Morgan fingerprint density at radius 2 is 2.17 bits per heavy atom. The molecule has 0 bridgehead atoms. The number of nitrogens with one attached hydrogen (secondary N) is 2. The predicted octanol–water partition coefficient (Wildman–Crippen LogP) is 0.228. The third kappa shape index (κ3) is 2.95. The van der Waals surface area contributed by atoms with E-state index in [2.05, 4.69) is 15.5 Å². The highest BCUT2D eigenvalue weighted by atomic mass is 16.2. The molecule has 1 aliphatic carbocycles. The van der Waals surface area contributed by atoms with Crippen LogP contribution in [0.5, 0.6) is 0 Å². The van der Waals surface area contributed by atoms with E-state index in [1.54, 1.807) is 0 Å². The Morgan fingerprint density at radius 1 is 1.28 bits per heavy atom. The zero-order valence-electron chi connectivity index (χ0n) is 11.0. The van der Waals surface area contributed by atoms with Crippen molar-refractivity contribution in [3.05, 3.63) is 0 Å². The van der Waals surface area contributed by atoms with E-state index in [0.717, 1.165) is 32.2 Å². The molecule has 5 heteroatoms. The maximum atomic E-state index is 11.5. The lowest BCUT2D eigenvalue weighted by molar-refractivity contribution is 0.191. The monoisotopic (exact) mass is 252 g/mol. The van der Waals surface area contributed by atoms with Crippen molar-refractivity contribution >= 4 is 6.03 Å². The molecule has 3 rings (SSSR count). The standard InChI is InChI=1S/C13H24N4O/c18-13-15-6-7-16(13)8-9-17(12-3-4-12)10-11-2-1-5-14-11/h11-12,14H,1-10H2,(H,15,18). The van der Waals surface area contributed by atoms with Crippen molar-refractivity contribution in [2.75, 3.05) is 39.3 Å². The minimum Gasteiger partial charge on any atom is -0.336 e. The molecule has 2 amide bonds. The van der Waals surface area contributed by atoms with Gasteiger partial charge in [0.05, 0.1) is 0 Å². The van der Waals surface area contributed by atoms with Crippen LogP contribution in [0.3, 0.4) is 0 Å². The molecule has 5 nitrogen and oxygen atoms in total. The van der Waals surface area contributed by atoms with E-state index in [1.807, 2.05) is 4.90 Å². The quantitative estimate of drug-likeness (QED) is 0.711. The number of carbonyl (C=O) groups excluding carboxylic acids is 1. The SMILES string of the molecule is O=C1NCCN1CCN(CC1CCCN1)C1CC1. The molecule has 102 valence electrons. The Balaban J connectivity index is 1.46. The molecule has 0 aromatic rings. The Labute approximate surface area is 109 Å². The average Bonchev–Trinajstić information content (AvgIpc) is 2.93. The third-order valence-corrected chi connectivity index (χ3v) is 4.28. The van der Waals surface area contributed by atoms with Crippen molar-refractivity contribution in [2.24, 2.45) is 0 Å². The highest BCUT2D eigenvalue weighted by Gasteiger charge is 2.32. The number of carbonyl (C=O) groups is 1. The minimum atomic E-state index is 0.115. The van der Waals surface area contributed by atoms with E-state index in [4.69, 9.17) is 0 Å². The highest BCUT2D eigenvalue weighted by molar-refractivity contribution is 5.76. The van der Waals surface area contributed by atoms with Gasteiger partial charge in [0.25, 0.3) is 0 Å². The summed E-state index contributed by atoms with van der Waals surface area (Å²) in [6.07, 6.45) is 5.32. The van der Waals surface area contributed by atoms with Crippen molar-refractivity contribution in [1.82, 2.24) is 20.4 Å². The van der Waals surface area contributed by atoms with Crippen LogP contribution < -0.4 is 10.6 Å². The number of urea groups is 1. The van der Waals surface area contributed by atoms with E-state index in [0.29, 0.717) is 6.04 Å². The smallest absolute Gasteiger partial charge is 0.317 e. The Bertz CT molecular complexity index is 299. The van der Waals surface area contributed by atoms with Crippen molar-refractivity contribution in [1.29, 1.82) is 0 Å². The number of hydrogen-bond donors (Lipinski definition) is 2. The molecule has 0 aromatic heterocycles. The fraction of sp³-hybridized carbons (Fsp3) is 0.923. The van der Waals surface area contributed by atoms with E-state index >= 15 is 0 Å². The lowest BCUT2D eigenvalue weighted by Crippen LogP contribution is -2.43. The Kier molecular flexibility index (Phi) is 3.70. The van der Waals surface area contributed by atoms with Gasteiger partial charge >= 0.3 is 6.03 Å². The molecule has 1 saturated carbocycles. The molecule has 2 N–H and O–H groups in total. The van der Waals surface area contributed by atoms with Crippen LogP contribution >= 0.6 is 0 Å². The minimum absolute atomic E-state index is 0.115. The third-order valence-electron chi connectivity index (χ3n) is 4.28. The van der Waals surface area contributed by atoms with Crippen LogP contribution in [0, 0.1) is 0 Å². The summed E-state index contributed by atoms with van der Waals surface area (Å²) in [6, 6.07) is 1.58. The zero-order chi connectivity index (χ0) is 12.4. The van der Waals surface area contributed by atoms with Gasteiger partial charge in [0.2, 0.25) is 0 Å². The number of nitrogens with zero attached hydrogens (tertiary/aromatic N) is 2. The molecule has 0 spiro atoms. The molecule has 3 fully saturated rings. The van der Waals surface area contributed by atoms with Crippen LogP contribution in [0.25, 0.3) is 0 Å². The van der Waals surface area contributed by atoms with Gasteiger partial charge < -0.3 is 15.5 Å². The van der Waals surface area contributed by atoms with Crippen LogP contribution in [-0.4, -0.2) is 67.2 Å². The molecule has 2 saturated heterocycles. The van der Waals surface area contributed by atoms with Gasteiger partial charge in [0.15, 0.2) is 0 Å². The number of amides is 2. The second-order valence-corrected chi connectivity index (χ2v) is 5.74. The summed E-state index contributed by atoms with van der Waals surface area (Å²) in [5.74, 6) is 0. The van der Waals surface area contributed by atoms with Crippen LogP contribution in [-0.2, 0) is 0 Å². The summed E-state index contributed by atoms with van der Waals surface area (Å²) < 4.78 is 0. The molecule has 1 unspecified atom stereocenters. The van der Waals surface area contributed by atoms with Crippen LogP contribution in [0.2, 0.25) is 0 Å². The summed E-state index contributed by atoms with van der Waals surface area (Å²) in [5, 5.41) is 6.44. The predicted molar refractivity (Wildman–Crippen MR) is 70.6 cm³/mol. The maximum Gasteiger partial charge on any atom is 0.317 e. The van der Waals surface area contributed by atoms with Gasteiger partial charge in [0, 0.05) is 44.8 Å². The van der Waals surface area contributed by atoms with Crippen molar-refractivity contribution in [3.63, 3.8) is 0 Å².